The van der Waals surface area contributed by atoms with Gasteiger partial charge in [0.15, 0.2) is 0 Å². The number of hydrogen-bond acceptors (Lipinski definition) is 3. The highest BCUT2D eigenvalue weighted by Crippen LogP contribution is 2.36. The third kappa shape index (κ3) is 2.56. The molecule has 3 rings (SSSR count). The molecule has 3 heterocycles. The van der Waals surface area contributed by atoms with Crippen LogP contribution in [0.5, 0.6) is 0 Å². The molecule has 1 aromatic rings. The lowest BCUT2D eigenvalue weighted by atomic mass is 9.80. The number of carbonyl (C=O) groups is 1. The number of piperidine rings is 2. The van der Waals surface area contributed by atoms with Crippen molar-refractivity contribution in [3.8, 4) is 0 Å². The average molecular weight is 278 g/mol. The normalized spacial score (nSPS) is 29.1. The van der Waals surface area contributed by atoms with Gasteiger partial charge < -0.3 is 4.90 Å². The molecule has 1 amide bonds. The maximum absolute atomic E-state index is 12.0. The zero-order valence-electron chi connectivity index (χ0n) is 11.6. The van der Waals surface area contributed by atoms with Crippen LogP contribution in [0.3, 0.4) is 0 Å². The first-order chi connectivity index (χ1) is 9.20. The predicted molar refractivity (Wildman–Crippen MR) is 78.2 cm³/mol. The summed E-state index contributed by atoms with van der Waals surface area (Å²) < 4.78 is 0. The lowest BCUT2D eigenvalue weighted by molar-refractivity contribution is -0.142. The van der Waals surface area contributed by atoms with Crippen molar-refractivity contribution < 1.29 is 4.79 Å². The van der Waals surface area contributed by atoms with Gasteiger partial charge in [0.05, 0.1) is 5.54 Å². The highest BCUT2D eigenvalue weighted by molar-refractivity contribution is 7.09. The van der Waals surface area contributed by atoms with Crippen LogP contribution in [0.4, 0.5) is 0 Å². The van der Waals surface area contributed by atoms with Crippen LogP contribution in [-0.4, -0.2) is 41.4 Å². The van der Waals surface area contributed by atoms with E-state index in [0.717, 1.165) is 25.9 Å². The zero-order valence-corrected chi connectivity index (χ0v) is 12.4. The molecule has 3 nitrogen and oxygen atoms in total. The summed E-state index contributed by atoms with van der Waals surface area (Å²) in [5.74, 6) is 0.337. The van der Waals surface area contributed by atoms with Crippen LogP contribution in [0.2, 0.25) is 0 Å². The van der Waals surface area contributed by atoms with Gasteiger partial charge in [0.1, 0.15) is 0 Å². The molecule has 2 aliphatic rings. The Balaban J connectivity index is 1.71. The molecule has 4 heteroatoms. The molecule has 2 fully saturated rings. The molecule has 0 aromatic carbocycles. The van der Waals surface area contributed by atoms with E-state index in [1.165, 1.54) is 30.7 Å². The van der Waals surface area contributed by atoms with Crippen LogP contribution in [0.15, 0.2) is 17.5 Å². The van der Waals surface area contributed by atoms with Crippen LogP contribution in [0, 0.1) is 0 Å². The van der Waals surface area contributed by atoms with Crippen molar-refractivity contribution in [3.63, 3.8) is 0 Å². The fourth-order valence-electron chi connectivity index (χ4n) is 3.61. The fourth-order valence-corrected chi connectivity index (χ4v) is 4.36. The first kappa shape index (κ1) is 13.1. The van der Waals surface area contributed by atoms with Gasteiger partial charge in [-0.3, -0.25) is 9.69 Å². The largest absolute Gasteiger partial charge is 0.339 e. The van der Waals surface area contributed by atoms with Gasteiger partial charge >= 0.3 is 0 Å². The Bertz CT molecular complexity index is 441. The van der Waals surface area contributed by atoms with E-state index in [1.807, 2.05) is 18.4 Å². The zero-order chi connectivity index (χ0) is 13.3. The summed E-state index contributed by atoms with van der Waals surface area (Å²) in [6, 6.07) is 4.33. The van der Waals surface area contributed by atoms with Crippen LogP contribution < -0.4 is 0 Å². The Kier molecular flexibility index (Phi) is 3.63. The summed E-state index contributed by atoms with van der Waals surface area (Å²) >= 11 is 1.83. The highest BCUT2D eigenvalue weighted by Gasteiger charge is 2.43. The topological polar surface area (TPSA) is 23.6 Å². The maximum Gasteiger partial charge on any atom is 0.222 e. The van der Waals surface area contributed by atoms with Crippen LogP contribution in [0.25, 0.3) is 0 Å². The molecule has 1 aromatic heterocycles. The highest BCUT2D eigenvalue weighted by atomic mass is 32.1. The molecule has 0 radical (unpaired) electrons. The van der Waals surface area contributed by atoms with E-state index in [-0.39, 0.29) is 5.54 Å². The van der Waals surface area contributed by atoms with E-state index in [2.05, 4.69) is 27.3 Å². The van der Waals surface area contributed by atoms with Crippen molar-refractivity contribution in [3.05, 3.63) is 22.4 Å². The van der Waals surface area contributed by atoms with Crippen LogP contribution in [-0.2, 0) is 11.3 Å². The summed E-state index contributed by atoms with van der Waals surface area (Å²) in [6.07, 6.45) is 5.37. The minimum absolute atomic E-state index is 0.116. The number of amides is 1. The van der Waals surface area contributed by atoms with Crippen molar-refractivity contribution in [2.45, 2.75) is 44.2 Å². The van der Waals surface area contributed by atoms with E-state index in [9.17, 15) is 4.79 Å². The Morgan fingerprint density at radius 2 is 2.21 bits per heavy atom. The Morgan fingerprint density at radius 3 is 3.00 bits per heavy atom. The lowest BCUT2D eigenvalue weighted by Gasteiger charge is -2.50. The number of thiophene rings is 1. The first-order valence-electron chi connectivity index (χ1n) is 7.21. The standard InChI is InChI=1S/C15H22N2OS/c1-16-14(18)6-2-7-15(16)8-4-9-17(12-15)11-13-5-3-10-19-13/h3,5,10H,2,4,6-9,11-12H2,1H3/t15-/m0/s1. The first-order valence-corrected chi connectivity index (χ1v) is 8.09. The van der Waals surface area contributed by atoms with Crippen LogP contribution in [0.1, 0.15) is 37.0 Å². The Labute approximate surface area is 119 Å². The minimum Gasteiger partial charge on any atom is -0.339 e. The summed E-state index contributed by atoms with van der Waals surface area (Å²) in [5, 5.41) is 2.14. The van der Waals surface area contributed by atoms with Gasteiger partial charge in [-0.05, 0) is 43.7 Å². The van der Waals surface area contributed by atoms with Gasteiger partial charge in [-0.25, -0.2) is 0 Å². The van der Waals surface area contributed by atoms with Gasteiger partial charge in [-0.2, -0.15) is 0 Å². The van der Waals surface area contributed by atoms with Crippen molar-refractivity contribution >= 4 is 17.2 Å². The van der Waals surface area contributed by atoms with Gasteiger partial charge in [0.25, 0.3) is 0 Å². The SMILES string of the molecule is CN1C(=O)CCC[C@@]12CCCN(Cc1cccs1)C2. The Hall–Kier alpha value is -0.870. The van der Waals surface area contributed by atoms with E-state index < -0.39 is 0 Å². The smallest absolute Gasteiger partial charge is 0.222 e. The molecule has 2 aliphatic heterocycles. The van der Waals surface area contributed by atoms with Crippen molar-refractivity contribution in [2.75, 3.05) is 20.1 Å². The molecule has 104 valence electrons. The summed E-state index contributed by atoms with van der Waals surface area (Å²) in [7, 11) is 2.01. The minimum atomic E-state index is 0.116. The van der Waals surface area contributed by atoms with E-state index in [0.29, 0.717) is 5.91 Å². The van der Waals surface area contributed by atoms with E-state index in [1.54, 1.807) is 0 Å². The molecule has 2 saturated heterocycles. The third-order valence-corrected chi connectivity index (χ3v) is 5.57. The molecule has 0 N–H and O–H groups in total. The number of likely N-dealkylation sites (N-methyl/N-ethyl adjacent to an activating group) is 1. The summed E-state index contributed by atoms with van der Waals surface area (Å²) in [4.78, 5) is 18.0. The number of hydrogen-bond donors (Lipinski definition) is 0. The molecule has 0 unspecified atom stereocenters. The fraction of sp³-hybridized carbons (Fsp3) is 0.667. The molecule has 19 heavy (non-hydrogen) atoms. The third-order valence-electron chi connectivity index (χ3n) is 4.71. The summed E-state index contributed by atoms with van der Waals surface area (Å²) in [5.41, 5.74) is 0.116. The van der Waals surface area contributed by atoms with E-state index >= 15 is 0 Å². The number of rotatable bonds is 2. The summed E-state index contributed by atoms with van der Waals surface area (Å²) in [6.45, 7) is 3.26. The maximum atomic E-state index is 12.0. The second-order valence-corrected chi connectivity index (χ2v) is 6.96. The monoisotopic (exact) mass is 278 g/mol. The molecule has 1 atom stereocenters. The molecular weight excluding hydrogens is 256 g/mol. The van der Waals surface area contributed by atoms with Crippen molar-refractivity contribution in [1.29, 1.82) is 0 Å². The van der Waals surface area contributed by atoms with Crippen LogP contribution >= 0.6 is 11.3 Å². The van der Waals surface area contributed by atoms with Gasteiger partial charge in [-0.15, -0.1) is 11.3 Å². The lowest BCUT2D eigenvalue weighted by Crippen LogP contribution is -2.60. The second-order valence-electron chi connectivity index (χ2n) is 5.92. The average Bonchev–Trinajstić information content (AvgIpc) is 2.89. The molecule has 0 saturated carbocycles. The Morgan fingerprint density at radius 1 is 1.37 bits per heavy atom. The quantitative estimate of drug-likeness (QED) is 0.830. The number of carbonyl (C=O) groups excluding carboxylic acids is 1. The molecule has 0 bridgehead atoms. The van der Waals surface area contributed by atoms with Gasteiger partial charge in [-0.1, -0.05) is 6.07 Å². The second kappa shape index (κ2) is 5.25. The van der Waals surface area contributed by atoms with Gasteiger partial charge in [0, 0.05) is 31.4 Å². The molecule has 0 aliphatic carbocycles. The van der Waals surface area contributed by atoms with Gasteiger partial charge in [0.2, 0.25) is 5.91 Å². The van der Waals surface area contributed by atoms with E-state index in [4.69, 9.17) is 0 Å². The predicted octanol–water partition coefficient (Wildman–Crippen LogP) is 2.73. The molecular formula is C15H22N2OS. The number of likely N-dealkylation sites (tertiary alicyclic amines) is 2. The molecule has 1 spiro atoms. The van der Waals surface area contributed by atoms with Crippen molar-refractivity contribution in [2.24, 2.45) is 0 Å². The van der Waals surface area contributed by atoms with Crippen molar-refractivity contribution in [1.82, 2.24) is 9.80 Å². The number of nitrogens with zero attached hydrogens (tertiary/aromatic N) is 2.